The molecule has 0 saturated carbocycles. The summed E-state index contributed by atoms with van der Waals surface area (Å²) in [7, 11) is 1.69. The molecule has 0 aliphatic carbocycles. The average molecular weight is 572 g/mol. The molecule has 2 aromatic carbocycles. The maximum Gasteiger partial charge on any atom is 0.248 e. The fourth-order valence-corrected chi connectivity index (χ4v) is 4.69. The first-order valence-corrected chi connectivity index (χ1v) is 13.4. The number of halogens is 2. The molecule has 0 bridgehead atoms. The third kappa shape index (κ3) is 7.04. The van der Waals surface area contributed by atoms with Gasteiger partial charge in [-0.15, -0.1) is 0 Å². The van der Waals surface area contributed by atoms with Crippen molar-refractivity contribution in [2.45, 2.75) is 18.6 Å². The monoisotopic (exact) mass is 571 g/mol. The lowest BCUT2D eigenvalue weighted by Gasteiger charge is -2.39. The van der Waals surface area contributed by atoms with Crippen molar-refractivity contribution in [1.29, 1.82) is 0 Å². The van der Waals surface area contributed by atoms with Crippen LogP contribution in [0.4, 0.5) is 21.6 Å². The van der Waals surface area contributed by atoms with Crippen molar-refractivity contribution in [1.82, 2.24) is 14.9 Å². The number of methoxy groups -OCH3 is 1. The third-order valence-electron chi connectivity index (χ3n) is 6.72. The van der Waals surface area contributed by atoms with Gasteiger partial charge in [0.25, 0.3) is 0 Å². The summed E-state index contributed by atoms with van der Waals surface area (Å²) in [6.45, 7) is 4.03. The molecule has 0 radical (unpaired) electrons. The Bertz CT molecular complexity index is 1370. The molecule has 2 aliphatic rings. The van der Waals surface area contributed by atoms with Crippen molar-refractivity contribution in [2.24, 2.45) is 0 Å². The van der Waals surface area contributed by atoms with Crippen molar-refractivity contribution < 1.29 is 28.1 Å². The van der Waals surface area contributed by atoms with E-state index >= 15 is 0 Å². The summed E-state index contributed by atoms with van der Waals surface area (Å²) in [6, 6.07) is 8.15. The maximum absolute atomic E-state index is 13.7. The molecule has 3 heterocycles. The van der Waals surface area contributed by atoms with Crippen LogP contribution in [0.3, 0.4) is 0 Å². The van der Waals surface area contributed by atoms with Crippen LogP contribution in [-0.4, -0.2) is 86.2 Å². The molecular weight excluding hydrogens is 541 g/mol. The van der Waals surface area contributed by atoms with E-state index in [2.05, 4.69) is 25.5 Å². The molecule has 1 aromatic heterocycles. The number of ether oxygens (including phenoxy) is 4. The topological polar surface area (TPSA) is 107 Å². The smallest absolute Gasteiger partial charge is 0.248 e. The molecule has 212 valence electrons. The summed E-state index contributed by atoms with van der Waals surface area (Å²) in [5, 5.41) is 6.68. The number of nitrogens with one attached hydrogen (secondary N) is 2. The first kappa shape index (κ1) is 28.2. The quantitative estimate of drug-likeness (QED) is 0.328. The van der Waals surface area contributed by atoms with E-state index in [1.165, 1.54) is 24.5 Å². The number of hydrogen-bond donors (Lipinski definition) is 2. The molecule has 0 unspecified atom stereocenters. The van der Waals surface area contributed by atoms with Gasteiger partial charge in [0.1, 0.15) is 36.4 Å². The minimum Gasteiger partial charge on any atom is -0.489 e. The highest BCUT2D eigenvalue weighted by Gasteiger charge is 2.26. The molecule has 2 saturated heterocycles. The zero-order valence-electron chi connectivity index (χ0n) is 22.1. The zero-order chi connectivity index (χ0) is 27.9. The largest absolute Gasteiger partial charge is 0.489 e. The van der Waals surface area contributed by atoms with Gasteiger partial charge >= 0.3 is 0 Å². The number of hydrogen-bond acceptors (Lipinski definition) is 9. The molecule has 0 spiro atoms. The predicted molar refractivity (Wildman–Crippen MR) is 150 cm³/mol. The minimum absolute atomic E-state index is 0.0144. The van der Waals surface area contributed by atoms with E-state index in [9.17, 15) is 9.18 Å². The van der Waals surface area contributed by atoms with Gasteiger partial charge in [-0.25, -0.2) is 14.4 Å². The molecule has 2 fully saturated rings. The van der Waals surface area contributed by atoms with E-state index in [-0.39, 0.29) is 23.6 Å². The number of anilines is 3. The van der Waals surface area contributed by atoms with E-state index in [0.717, 1.165) is 13.0 Å². The van der Waals surface area contributed by atoms with Gasteiger partial charge in [0, 0.05) is 49.5 Å². The Morgan fingerprint density at radius 1 is 1.25 bits per heavy atom. The Morgan fingerprint density at radius 3 is 2.90 bits per heavy atom. The zero-order valence-corrected chi connectivity index (χ0v) is 22.8. The Labute approximate surface area is 236 Å². The van der Waals surface area contributed by atoms with Crippen LogP contribution >= 0.6 is 11.6 Å². The van der Waals surface area contributed by atoms with Gasteiger partial charge in [-0.1, -0.05) is 17.7 Å². The molecule has 12 heteroatoms. The number of rotatable bonds is 11. The maximum atomic E-state index is 13.7. The highest BCUT2D eigenvalue weighted by Crippen LogP contribution is 2.34. The van der Waals surface area contributed by atoms with E-state index in [1.54, 1.807) is 25.3 Å². The molecule has 3 aromatic rings. The molecular formula is C28H31ClFN5O5. The summed E-state index contributed by atoms with van der Waals surface area (Å²) in [6.07, 6.45) is 5.61. The summed E-state index contributed by atoms with van der Waals surface area (Å²) in [5.74, 6) is 0.0641. The molecule has 40 heavy (non-hydrogen) atoms. The number of carbonyl (C=O) groups excluding carboxylic acids is 1. The molecule has 1 amide bonds. The number of amides is 1. The van der Waals surface area contributed by atoms with E-state index < -0.39 is 5.82 Å². The van der Waals surface area contributed by atoms with Gasteiger partial charge in [-0.05, 0) is 30.7 Å². The van der Waals surface area contributed by atoms with Crippen molar-refractivity contribution in [3.8, 4) is 5.75 Å². The number of benzene rings is 2. The Kier molecular flexibility index (Phi) is 9.40. The Morgan fingerprint density at radius 2 is 2.15 bits per heavy atom. The predicted octanol–water partition coefficient (Wildman–Crippen LogP) is 4.18. The van der Waals surface area contributed by atoms with Gasteiger partial charge in [-0.3, -0.25) is 9.69 Å². The number of carbonyl (C=O) groups is 1. The third-order valence-corrected chi connectivity index (χ3v) is 7.01. The van der Waals surface area contributed by atoms with E-state index in [4.69, 9.17) is 30.5 Å². The summed E-state index contributed by atoms with van der Waals surface area (Å²) in [4.78, 5) is 23.9. The molecule has 2 aliphatic heterocycles. The second-order valence-corrected chi connectivity index (χ2v) is 9.91. The van der Waals surface area contributed by atoms with Crippen molar-refractivity contribution in [3.63, 3.8) is 0 Å². The Balaban J connectivity index is 1.37. The Hall–Kier alpha value is -3.35. The summed E-state index contributed by atoms with van der Waals surface area (Å²) >= 11 is 5.95. The molecule has 5 rings (SSSR count). The number of fused-ring (bicyclic) bond motifs is 1. The number of likely N-dealkylation sites (tertiary alicyclic amines) is 1. The lowest BCUT2D eigenvalue weighted by molar-refractivity contribution is -0.112. The molecule has 2 N–H and O–H groups in total. The van der Waals surface area contributed by atoms with Gasteiger partial charge in [0.05, 0.1) is 42.7 Å². The van der Waals surface area contributed by atoms with E-state index in [1.807, 2.05) is 6.08 Å². The minimum atomic E-state index is -0.518. The van der Waals surface area contributed by atoms with Crippen LogP contribution in [0.25, 0.3) is 10.9 Å². The summed E-state index contributed by atoms with van der Waals surface area (Å²) in [5.41, 5.74) is 1.57. The number of aromatic nitrogens is 2. The fraction of sp³-hybridized carbons (Fsp3) is 0.393. The van der Waals surface area contributed by atoms with Crippen LogP contribution in [0.2, 0.25) is 5.02 Å². The lowest BCUT2D eigenvalue weighted by atomic mass is 10.0. The first-order valence-electron chi connectivity index (χ1n) is 13.0. The highest BCUT2D eigenvalue weighted by atomic mass is 35.5. The SMILES string of the molecule is COC[C@H]1CCN1CC=CC(=O)Nc1cc2c(Nc3ccc(F)c(Cl)c3)ncnc2cc1OC[C@H]1COCCO1. The van der Waals surface area contributed by atoms with Gasteiger partial charge in [0.15, 0.2) is 0 Å². The summed E-state index contributed by atoms with van der Waals surface area (Å²) < 4.78 is 36.1. The van der Waals surface area contributed by atoms with Crippen LogP contribution in [-0.2, 0) is 19.0 Å². The van der Waals surface area contributed by atoms with Crippen molar-refractivity contribution >= 4 is 45.6 Å². The molecule has 10 nitrogen and oxygen atoms in total. The standard InChI is InChI=1S/C28H31ClFN5O5/c1-37-14-19-6-8-35(19)7-2-3-27(36)34-25-12-21-24(13-26(25)40-16-20-15-38-9-10-39-20)31-17-32-28(21)33-18-4-5-23(30)22(29)11-18/h2-5,11-13,17,19-20H,6-10,14-16H2,1H3,(H,34,36)(H,31,32,33)/t19-,20-/m1/s1. The average Bonchev–Trinajstić information content (AvgIpc) is 2.95. The van der Waals surface area contributed by atoms with Crippen LogP contribution in [0.1, 0.15) is 6.42 Å². The van der Waals surface area contributed by atoms with Crippen LogP contribution in [0.5, 0.6) is 5.75 Å². The normalized spacial score (nSPS) is 19.5. The molecule has 2 atom stereocenters. The van der Waals surface area contributed by atoms with Crippen LogP contribution in [0, 0.1) is 5.82 Å². The van der Waals surface area contributed by atoms with Crippen LogP contribution < -0.4 is 15.4 Å². The second-order valence-electron chi connectivity index (χ2n) is 9.50. The fourth-order valence-electron chi connectivity index (χ4n) is 4.51. The van der Waals surface area contributed by atoms with Gasteiger partial charge in [0.2, 0.25) is 5.91 Å². The van der Waals surface area contributed by atoms with Gasteiger partial charge < -0.3 is 29.6 Å². The second kappa shape index (κ2) is 13.3. The van der Waals surface area contributed by atoms with E-state index in [0.29, 0.717) is 72.9 Å². The van der Waals surface area contributed by atoms with Crippen molar-refractivity contribution in [3.05, 3.63) is 59.7 Å². The lowest BCUT2D eigenvalue weighted by Crippen LogP contribution is -2.50. The number of nitrogens with zero attached hydrogens (tertiary/aromatic N) is 3. The highest BCUT2D eigenvalue weighted by molar-refractivity contribution is 6.31. The van der Waals surface area contributed by atoms with Gasteiger partial charge in [-0.2, -0.15) is 0 Å². The first-order chi connectivity index (χ1) is 19.5. The van der Waals surface area contributed by atoms with Crippen LogP contribution in [0.15, 0.2) is 48.8 Å². The van der Waals surface area contributed by atoms with Crippen molar-refractivity contribution in [2.75, 3.05) is 63.9 Å².